The van der Waals surface area contributed by atoms with Gasteiger partial charge in [0.2, 0.25) is 0 Å². The van der Waals surface area contributed by atoms with Gasteiger partial charge in [-0.2, -0.15) is 0 Å². The predicted octanol–water partition coefficient (Wildman–Crippen LogP) is 11.5. The van der Waals surface area contributed by atoms with Crippen LogP contribution in [0.15, 0.2) is 60.8 Å². The van der Waals surface area contributed by atoms with Crippen LogP contribution in [-0.4, -0.2) is 70.7 Å². The molecule has 0 aliphatic rings. The molecule has 0 fully saturated rings. The third-order valence-electron chi connectivity index (χ3n) is 8.58. The second kappa shape index (κ2) is 37.1. The Bertz CT molecular complexity index is 1030. The molecule has 0 spiro atoms. The smallest absolute Gasteiger partial charge is 0.306 e. The van der Waals surface area contributed by atoms with Crippen molar-refractivity contribution in [3.8, 4) is 0 Å². The summed E-state index contributed by atoms with van der Waals surface area (Å²) >= 11 is 0. The molecule has 8 nitrogen and oxygen atoms in total. The summed E-state index contributed by atoms with van der Waals surface area (Å²) in [5.41, 5.74) is 0. The molecule has 2 atom stereocenters. The highest BCUT2D eigenvalue weighted by Crippen LogP contribution is 2.38. The average molecular weight is 766 g/mol. The standard InChI is InChI=1S/C44H80NO7P/c1-6-8-10-12-14-16-18-20-22-23-24-25-27-29-31-33-35-37-44(46)52-43(42-51-53(47,48)50-40-38-45(3,4)5)41-49-39-36-34-32-30-28-26-21-19-17-15-13-11-9-7-2/h8,10,14,16,20,22,24-25,29,31,43H,6-7,9,11-13,15,17-19,21,23,26-28,30,32-42H2,1-5H3/b10-8-,16-14-,22-20-,25-24-,31-29-. The molecule has 308 valence electrons. The highest BCUT2D eigenvalue weighted by Gasteiger charge is 2.20. The number of likely N-dealkylation sites (N-methyl/N-ethyl adjacent to an activating group) is 1. The second-order valence-corrected chi connectivity index (χ2v) is 16.4. The molecule has 0 aromatic carbocycles. The summed E-state index contributed by atoms with van der Waals surface area (Å²) in [6, 6.07) is 0. The van der Waals surface area contributed by atoms with Crippen LogP contribution in [0.2, 0.25) is 0 Å². The molecule has 0 saturated carbocycles. The minimum atomic E-state index is -4.54. The van der Waals surface area contributed by atoms with Crippen molar-refractivity contribution in [2.75, 3.05) is 54.1 Å². The Balaban J connectivity index is 4.37. The molecule has 0 aliphatic heterocycles. The molecule has 0 aromatic rings. The fourth-order valence-electron chi connectivity index (χ4n) is 5.35. The zero-order valence-electron chi connectivity index (χ0n) is 34.7. The van der Waals surface area contributed by atoms with Gasteiger partial charge in [-0.25, -0.2) is 0 Å². The van der Waals surface area contributed by atoms with Gasteiger partial charge in [0.1, 0.15) is 19.3 Å². The van der Waals surface area contributed by atoms with Crippen molar-refractivity contribution in [1.82, 2.24) is 0 Å². The number of ether oxygens (including phenoxy) is 2. The fourth-order valence-corrected chi connectivity index (χ4v) is 6.07. The van der Waals surface area contributed by atoms with E-state index in [2.05, 4.69) is 74.6 Å². The second-order valence-electron chi connectivity index (χ2n) is 15.0. The first-order chi connectivity index (χ1) is 25.6. The third-order valence-corrected chi connectivity index (χ3v) is 9.55. The SMILES string of the molecule is CC/C=C\C/C=C\C/C=C\C/C=C\C/C=C\CCCC(=O)OC(COCCCCCCCCCCCCCCCC)COP(=O)([O-])OCC[N+](C)(C)C. The van der Waals surface area contributed by atoms with Crippen LogP contribution >= 0.6 is 7.82 Å². The van der Waals surface area contributed by atoms with Crippen LogP contribution in [0.5, 0.6) is 0 Å². The number of unbranched alkanes of at least 4 members (excludes halogenated alkanes) is 14. The Morgan fingerprint density at radius 2 is 1.08 bits per heavy atom. The first-order valence-corrected chi connectivity index (χ1v) is 22.5. The normalized spacial score (nSPS) is 14.5. The summed E-state index contributed by atoms with van der Waals surface area (Å²) in [7, 11) is 1.31. The van der Waals surface area contributed by atoms with Crippen molar-refractivity contribution in [1.29, 1.82) is 0 Å². The van der Waals surface area contributed by atoms with Gasteiger partial charge in [-0.1, -0.05) is 158 Å². The average Bonchev–Trinajstić information content (AvgIpc) is 3.11. The number of phosphoric acid groups is 1. The van der Waals surface area contributed by atoms with E-state index in [0.29, 0.717) is 24.1 Å². The molecule has 0 bridgehead atoms. The van der Waals surface area contributed by atoms with E-state index in [1.165, 1.54) is 77.0 Å². The Kier molecular flexibility index (Phi) is 35.9. The number of carbonyl (C=O) groups excluding carboxylic acids is 1. The van der Waals surface area contributed by atoms with Crippen LogP contribution in [0.4, 0.5) is 0 Å². The van der Waals surface area contributed by atoms with Gasteiger partial charge in [0.25, 0.3) is 7.82 Å². The van der Waals surface area contributed by atoms with Crippen LogP contribution in [0.25, 0.3) is 0 Å². The van der Waals surface area contributed by atoms with Crippen molar-refractivity contribution in [3.05, 3.63) is 60.8 Å². The lowest BCUT2D eigenvalue weighted by molar-refractivity contribution is -0.870. The summed E-state index contributed by atoms with van der Waals surface area (Å²) in [6.07, 6.45) is 45.2. The van der Waals surface area contributed by atoms with Crippen molar-refractivity contribution in [2.24, 2.45) is 0 Å². The molecular formula is C44H80NO7P. The maximum Gasteiger partial charge on any atom is 0.306 e. The maximum atomic E-state index is 12.6. The fraction of sp³-hybridized carbons (Fsp3) is 0.750. The first-order valence-electron chi connectivity index (χ1n) is 21.0. The number of allylic oxidation sites excluding steroid dienone is 10. The van der Waals surface area contributed by atoms with Gasteiger partial charge in [-0.05, 0) is 51.4 Å². The van der Waals surface area contributed by atoms with Crippen molar-refractivity contribution in [3.63, 3.8) is 0 Å². The third kappa shape index (κ3) is 41.2. The van der Waals surface area contributed by atoms with Gasteiger partial charge in [0.05, 0.1) is 34.4 Å². The zero-order valence-corrected chi connectivity index (χ0v) is 35.6. The number of hydrogen-bond acceptors (Lipinski definition) is 7. The zero-order chi connectivity index (χ0) is 39.1. The Morgan fingerprint density at radius 3 is 1.57 bits per heavy atom. The summed E-state index contributed by atoms with van der Waals surface area (Å²) in [5, 5.41) is 0. The highest BCUT2D eigenvalue weighted by atomic mass is 31.2. The van der Waals surface area contributed by atoms with Gasteiger partial charge >= 0.3 is 5.97 Å². The van der Waals surface area contributed by atoms with E-state index in [4.69, 9.17) is 18.5 Å². The molecule has 0 heterocycles. The van der Waals surface area contributed by atoms with E-state index in [9.17, 15) is 14.3 Å². The molecule has 0 radical (unpaired) electrons. The van der Waals surface area contributed by atoms with Crippen molar-refractivity contribution >= 4 is 13.8 Å². The number of nitrogens with zero attached hydrogens (tertiary/aromatic N) is 1. The van der Waals surface area contributed by atoms with E-state index in [0.717, 1.165) is 51.4 Å². The lowest BCUT2D eigenvalue weighted by atomic mass is 10.0. The summed E-state index contributed by atoms with van der Waals surface area (Å²) in [4.78, 5) is 25.0. The number of quaternary nitrogens is 1. The van der Waals surface area contributed by atoms with Gasteiger partial charge in [0.15, 0.2) is 0 Å². The minimum Gasteiger partial charge on any atom is -0.756 e. The lowest BCUT2D eigenvalue weighted by Gasteiger charge is -2.28. The predicted molar refractivity (Wildman–Crippen MR) is 222 cm³/mol. The first kappa shape index (κ1) is 51.2. The Morgan fingerprint density at radius 1 is 0.604 bits per heavy atom. The quantitative estimate of drug-likeness (QED) is 0.0203. The highest BCUT2D eigenvalue weighted by molar-refractivity contribution is 7.45. The molecule has 0 N–H and O–H groups in total. The summed E-state index contributed by atoms with van der Waals surface area (Å²) in [5.74, 6) is -0.391. The largest absolute Gasteiger partial charge is 0.756 e. The topological polar surface area (TPSA) is 94.1 Å². The van der Waals surface area contributed by atoms with Gasteiger partial charge in [-0.15, -0.1) is 0 Å². The summed E-state index contributed by atoms with van der Waals surface area (Å²) < 4.78 is 34.5. The molecule has 2 unspecified atom stereocenters. The monoisotopic (exact) mass is 766 g/mol. The molecule has 0 amide bonds. The van der Waals surface area contributed by atoms with Crippen LogP contribution in [-0.2, 0) is 27.9 Å². The summed E-state index contributed by atoms with van der Waals surface area (Å²) in [6.45, 7) is 5.21. The van der Waals surface area contributed by atoms with E-state index < -0.39 is 19.9 Å². The molecule has 53 heavy (non-hydrogen) atoms. The lowest BCUT2D eigenvalue weighted by Crippen LogP contribution is -2.37. The van der Waals surface area contributed by atoms with Gasteiger partial charge in [0, 0.05) is 13.0 Å². The van der Waals surface area contributed by atoms with Gasteiger partial charge < -0.3 is 27.9 Å². The molecule has 9 heteroatoms. The molecule has 0 aliphatic carbocycles. The van der Waals surface area contributed by atoms with Crippen molar-refractivity contribution < 1.29 is 37.3 Å². The molecule has 0 rings (SSSR count). The van der Waals surface area contributed by atoms with E-state index in [1.807, 2.05) is 21.1 Å². The maximum absolute atomic E-state index is 12.6. The Labute approximate surface area is 326 Å². The number of hydrogen-bond donors (Lipinski definition) is 0. The van der Waals surface area contributed by atoms with E-state index in [-0.39, 0.29) is 26.2 Å². The van der Waals surface area contributed by atoms with Crippen molar-refractivity contribution in [2.45, 2.75) is 161 Å². The van der Waals surface area contributed by atoms with Crippen LogP contribution in [0.1, 0.15) is 155 Å². The number of carbonyl (C=O) groups is 1. The molecular weight excluding hydrogens is 685 g/mol. The number of rotatable bonds is 38. The number of phosphoric ester groups is 1. The Hall–Kier alpha value is -1.80. The van der Waals surface area contributed by atoms with Crippen LogP contribution in [0.3, 0.4) is 0 Å². The van der Waals surface area contributed by atoms with Crippen LogP contribution < -0.4 is 4.89 Å². The van der Waals surface area contributed by atoms with Crippen LogP contribution in [0, 0.1) is 0 Å². The van der Waals surface area contributed by atoms with E-state index >= 15 is 0 Å². The molecule has 0 saturated heterocycles. The number of esters is 1. The van der Waals surface area contributed by atoms with E-state index in [1.54, 1.807) is 0 Å². The van der Waals surface area contributed by atoms with Gasteiger partial charge in [-0.3, -0.25) is 9.36 Å². The minimum absolute atomic E-state index is 0.0140. The molecule has 0 aromatic heterocycles.